The molecule has 0 aromatic carbocycles. The van der Waals surface area contributed by atoms with Crippen molar-refractivity contribution in [2.75, 3.05) is 40.8 Å². The van der Waals surface area contributed by atoms with Gasteiger partial charge in [0.2, 0.25) is 0 Å². The monoisotopic (exact) mass is 286 g/mol. The number of carbonyl (C=O) groups is 2. The van der Waals surface area contributed by atoms with Crippen LogP contribution in [-0.2, 0) is 9.47 Å². The molecular formula is C12H22N4O4. The molecule has 0 aromatic rings. The lowest BCUT2D eigenvalue weighted by atomic mass is 10.3. The molecular weight excluding hydrogens is 264 g/mol. The first-order valence-electron chi connectivity index (χ1n) is 6.74. The van der Waals surface area contributed by atoms with Crippen molar-refractivity contribution in [1.29, 1.82) is 0 Å². The minimum absolute atomic E-state index is 0.114. The van der Waals surface area contributed by atoms with E-state index < -0.39 is 0 Å². The van der Waals surface area contributed by atoms with Crippen LogP contribution in [0.3, 0.4) is 0 Å². The van der Waals surface area contributed by atoms with Crippen LogP contribution in [0.2, 0.25) is 0 Å². The van der Waals surface area contributed by atoms with Crippen LogP contribution in [0.1, 0.15) is 13.8 Å². The molecule has 8 nitrogen and oxygen atoms in total. The van der Waals surface area contributed by atoms with E-state index in [1.807, 2.05) is 13.8 Å². The Bertz CT molecular complexity index is 358. The molecule has 2 aliphatic rings. The zero-order chi connectivity index (χ0) is 14.9. The number of methoxy groups -OCH3 is 2. The van der Waals surface area contributed by atoms with E-state index in [1.165, 1.54) is 14.2 Å². The summed E-state index contributed by atoms with van der Waals surface area (Å²) in [5, 5.41) is 0. The van der Waals surface area contributed by atoms with E-state index in [2.05, 4.69) is 0 Å². The Kier molecular flexibility index (Phi) is 4.34. The van der Waals surface area contributed by atoms with Gasteiger partial charge in [-0.1, -0.05) is 0 Å². The molecule has 0 radical (unpaired) electrons. The second kappa shape index (κ2) is 5.84. The summed E-state index contributed by atoms with van der Waals surface area (Å²) >= 11 is 0. The van der Waals surface area contributed by atoms with Crippen molar-refractivity contribution in [1.82, 2.24) is 19.6 Å². The maximum atomic E-state index is 12.4. The summed E-state index contributed by atoms with van der Waals surface area (Å²) in [6, 6.07) is -0.229. The Morgan fingerprint density at radius 1 is 0.800 bits per heavy atom. The van der Waals surface area contributed by atoms with Crippen LogP contribution in [0.15, 0.2) is 0 Å². The molecule has 0 aromatic heterocycles. The molecule has 0 spiro atoms. The largest absolute Gasteiger partial charge is 0.364 e. The molecule has 2 heterocycles. The van der Waals surface area contributed by atoms with Crippen molar-refractivity contribution in [3.8, 4) is 0 Å². The number of amides is 4. The Morgan fingerprint density at radius 3 is 1.45 bits per heavy atom. The highest BCUT2D eigenvalue weighted by molar-refractivity contribution is 5.85. The molecule has 114 valence electrons. The van der Waals surface area contributed by atoms with E-state index in [-0.39, 0.29) is 37.9 Å². The van der Waals surface area contributed by atoms with Crippen LogP contribution < -0.4 is 0 Å². The molecule has 4 amide bonds. The fourth-order valence-electron chi connectivity index (χ4n) is 2.95. The van der Waals surface area contributed by atoms with E-state index in [9.17, 15) is 9.59 Å². The van der Waals surface area contributed by atoms with Crippen molar-refractivity contribution in [3.63, 3.8) is 0 Å². The molecule has 2 saturated heterocycles. The lowest BCUT2D eigenvalue weighted by Gasteiger charge is -2.28. The van der Waals surface area contributed by atoms with Gasteiger partial charge in [0.05, 0.1) is 0 Å². The zero-order valence-electron chi connectivity index (χ0n) is 12.4. The summed E-state index contributed by atoms with van der Waals surface area (Å²) in [5.41, 5.74) is 0. The van der Waals surface area contributed by atoms with Gasteiger partial charge in [0.25, 0.3) is 0 Å². The molecule has 0 unspecified atom stereocenters. The second-order valence-corrected chi connectivity index (χ2v) is 4.74. The molecule has 0 atom stereocenters. The summed E-state index contributed by atoms with van der Waals surface area (Å²) in [6.07, 6.45) is -0.648. The van der Waals surface area contributed by atoms with Crippen molar-refractivity contribution in [2.45, 2.75) is 26.2 Å². The van der Waals surface area contributed by atoms with Crippen molar-refractivity contribution in [2.24, 2.45) is 0 Å². The topological polar surface area (TPSA) is 65.6 Å². The van der Waals surface area contributed by atoms with Gasteiger partial charge in [0.1, 0.15) is 19.6 Å². The number of urea groups is 2. The van der Waals surface area contributed by atoms with Gasteiger partial charge in [-0.3, -0.25) is 9.80 Å². The van der Waals surface area contributed by atoms with Crippen molar-refractivity contribution >= 4 is 12.1 Å². The quantitative estimate of drug-likeness (QED) is 0.707. The number of hydrogen-bond donors (Lipinski definition) is 0. The molecule has 20 heavy (non-hydrogen) atoms. The fraction of sp³-hybridized carbons (Fsp3) is 0.833. The maximum absolute atomic E-state index is 12.4. The van der Waals surface area contributed by atoms with E-state index in [4.69, 9.17) is 9.47 Å². The number of ether oxygens (including phenoxy) is 2. The van der Waals surface area contributed by atoms with E-state index in [1.54, 1.807) is 19.6 Å². The number of nitrogens with zero attached hydrogens (tertiary/aromatic N) is 4. The van der Waals surface area contributed by atoms with Gasteiger partial charge in [0.15, 0.2) is 6.17 Å². The fourth-order valence-corrected chi connectivity index (χ4v) is 2.95. The molecule has 2 fully saturated rings. The van der Waals surface area contributed by atoms with Crippen LogP contribution in [0.4, 0.5) is 9.59 Å². The summed E-state index contributed by atoms with van der Waals surface area (Å²) in [7, 11) is 3.07. The zero-order valence-corrected chi connectivity index (χ0v) is 12.4. The molecule has 0 saturated carbocycles. The Balaban J connectivity index is 2.37. The third-order valence-corrected chi connectivity index (χ3v) is 3.74. The summed E-state index contributed by atoms with van der Waals surface area (Å²) in [4.78, 5) is 31.4. The first-order chi connectivity index (χ1) is 9.62. The average molecular weight is 286 g/mol. The van der Waals surface area contributed by atoms with E-state index >= 15 is 0 Å². The SMILES string of the molecule is CCN1C(=O)N(COC)C2C1N(CC)C(=O)N2COC. The van der Waals surface area contributed by atoms with Crippen LogP contribution in [0, 0.1) is 0 Å². The minimum Gasteiger partial charge on any atom is -0.364 e. The number of fused-ring (bicyclic) bond motifs is 1. The van der Waals surface area contributed by atoms with Crippen LogP contribution in [-0.4, -0.2) is 84.8 Å². The minimum atomic E-state index is -0.366. The predicted octanol–water partition coefficient (Wildman–Crippen LogP) is 0.361. The first kappa shape index (κ1) is 14.9. The highest BCUT2D eigenvalue weighted by Gasteiger charge is 2.58. The van der Waals surface area contributed by atoms with Crippen molar-refractivity contribution < 1.29 is 19.1 Å². The molecule has 8 heteroatoms. The standard InChI is InChI=1S/C12H22N4O4/c1-5-13-9-10(15(7-19-3)11(13)17)16(8-20-4)12(18)14(9)6-2/h9-10H,5-8H2,1-4H3. The summed E-state index contributed by atoms with van der Waals surface area (Å²) in [6.45, 7) is 5.21. The van der Waals surface area contributed by atoms with E-state index in [0.717, 1.165) is 0 Å². The predicted molar refractivity (Wildman–Crippen MR) is 70.6 cm³/mol. The van der Waals surface area contributed by atoms with Crippen LogP contribution in [0.25, 0.3) is 0 Å². The highest BCUT2D eigenvalue weighted by Crippen LogP contribution is 2.34. The average Bonchev–Trinajstić information content (AvgIpc) is 2.85. The van der Waals surface area contributed by atoms with Gasteiger partial charge < -0.3 is 19.3 Å². The Labute approximate surface area is 118 Å². The van der Waals surface area contributed by atoms with Gasteiger partial charge in [0, 0.05) is 27.3 Å². The third kappa shape index (κ3) is 1.99. The Hall–Kier alpha value is -1.54. The van der Waals surface area contributed by atoms with Crippen LogP contribution >= 0.6 is 0 Å². The Morgan fingerprint density at radius 2 is 1.15 bits per heavy atom. The summed E-state index contributed by atoms with van der Waals surface area (Å²) < 4.78 is 10.2. The van der Waals surface area contributed by atoms with Gasteiger partial charge in [-0.05, 0) is 13.8 Å². The molecule has 0 aliphatic carbocycles. The molecule has 0 N–H and O–H groups in total. The number of likely N-dealkylation sites (N-methyl/N-ethyl adjacent to an activating group) is 2. The van der Waals surface area contributed by atoms with Gasteiger partial charge in [-0.15, -0.1) is 0 Å². The van der Waals surface area contributed by atoms with Gasteiger partial charge in [-0.2, -0.15) is 0 Å². The lowest BCUT2D eigenvalue weighted by Crippen LogP contribution is -2.47. The number of rotatable bonds is 6. The highest BCUT2D eigenvalue weighted by atomic mass is 16.5. The molecule has 2 rings (SSSR count). The number of carbonyl (C=O) groups excluding carboxylic acids is 2. The lowest BCUT2D eigenvalue weighted by molar-refractivity contribution is -0.00234. The van der Waals surface area contributed by atoms with Gasteiger partial charge >= 0.3 is 12.1 Å². The second-order valence-electron chi connectivity index (χ2n) is 4.74. The maximum Gasteiger partial charge on any atom is 0.325 e. The van der Waals surface area contributed by atoms with Gasteiger partial charge in [-0.25, -0.2) is 9.59 Å². The molecule has 0 bridgehead atoms. The summed E-state index contributed by atoms with van der Waals surface area (Å²) in [5.74, 6) is 0. The molecule has 2 aliphatic heterocycles. The first-order valence-corrected chi connectivity index (χ1v) is 6.74. The van der Waals surface area contributed by atoms with Crippen LogP contribution in [0.5, 0.6) is 0 Å². The normalized spacial score (nSPS) is 26.0. The smallest absolute Gasteiger partial charge is 0.325 e. The van der Waals surface area contributed by atoms with E-state index in [0.29, 0.717) is 13.1 Å². The number of hydrogen-bond acceptors (Lipinski definition) is 4. The third-order valence-electron chi connectivity index (χ3n) is 3.74. The van der Waals surface area contributed by atoms with Crippen molar-refractivity contribution in [3.05, 3.63) is 0 Å².